The van der Waals surface area contributed by atoms with Crippen LogP contribution in [0.1, 0.15) is 19.3 Å². The van der Waals surface area contributed by atoms with Gasteiger partial charge in [0.15, 0.2) is 0 Å². The van der Waals surface area contributed by atoms with Crippen molar-refractivity contribution < 1.29 is 23.2 Å². The van der Waals surface area contributed by atoms with Gasteiger partial charge < -0.3 is 0 Å². The molecule has 3 saturated carbocycles. The van der Waals surface area contributed by atoms with Crippen molar-refractivity contribution in [2.24, 2.45) is 10.8 Å². The predicted molar refractivity (Wildman–Crippen MR) is 34.7 cm³/mol. The minimum absolute atomic E-state index is 0.171. The monoisotopic (exact) mass is 195 g/mol. The van der Waals surface area contributed by atoms with Gasteiger partial charge in [-0.1, -0.05) is 0 Å². The highest BCUT2D eigenvalue weighted by Crippen LogP contribution is 2.78. The van der Waals surface area contributed by atoms with E-state index in [0.29, 0.717) is 0 Å². The number of halogens is 3. The minimum Gasteiger partial charge on any atom is -0.289 e. The summed E-state index contributed by atoms with van der Waals surface area (Å²) >= 11 is 0. The highest BCUT2D eigenvalue weighted by atomic mass is 19.4. The van der Waals surface area contributed by atoms with E-state index in [1.165, 1.54) is 5.48 Å². The van der Waals surface area contributed by atoms with Crippen LogP contribution in [0.2, 0.25) is 0 Å². The summed E-state index contributed by atoms with van der Waals surface area (Å²) in [5, 5.41) is 8.27. The number of hydrogen-bond acceptors (Lipinski definition) is 2. The van der Waals surface area contributed by atoms with Crippen LogP contribution in [-0.4, -0.2) is 17.3 Å². The quantitative estimate of drug-likeness (QED) is 0.488. The lowest BCUT2D eigenvalue weighted by Gasteiger charge is -2.68. The van der Waals surface area contributed by atoms with E-state index in [2.05, 4.69) is 0 Å². The van der Waals surface area contributed by atoms with Crippen LogP contribution < -0.4 is 5.48 Å². The number of alkyl halides is 3. The second-order valence-electron chi connectivity index (χ2n) is 4.03. The van der Waals surface area contributed by atoms with Gasteiger partial charge in [0, 0.05) is 0 Å². The maximum atomic E-state index is 12.3. The van der Waals surface area contributed by atoms with Gasteiger partial charge >= 0.3 is 6.18 Å². The Labute approximate surface area is 71.9 Å². The normalized spacial score (nSPS) is 41.8. The highest BCUT2D eigenvalue weighted by molar-refractivity contribution is 5.85. The van der Waals surface area contributed by atoms with E-state index in [1.807, 2.05) is 0 Å². The Morgan fingerprint density at radius 1 is 1.31 bits per heavy atom. The van der Waals surface area contributed by atoms with E-state index in [-0.39, 0.29) is 19.3 Å². The molecule has 0 aromatic rings. The lowest BCUT2D eigenvalue weighted by molar-refractivity contribution is -0.352. The zero-order chi connectivity index (χ0) is 9.91. The molecule has 74 valence electrons. The third kappa shape index (κ3) is 0.815. The van der Waals surface area contributed by atoms with Gasteiger partial charge in [-0.25, -0.2) is 5.48 Å². The first kappa shape index (κ1) is 8.80. The van der Waals surface area contributed by atoms with Gasteiger partial charge in [-0.15, -0.1) is 0 Å². The van der Waals surface area contributed by atoms with Crippen molar-refractivity contribution in [3.05, 3.63) is 0 Å². The molecule has 0 saturated heterocycles. The first-order chi connectivity index (χ1) is 5.85. The summed E-state index contributed by atoms with van der Waals surface area (Å²) in [5.74, 6) is -0.682. The third-order valence-corrected chi connectivity index (χ3v) is 3.21. The summed E-state index contributed by atoms with van der Waals surface area (Å²) in [4.78, 5) is 10.9. The first-order valence-corrected chi connectivity index (χ1v) is 3.87. The van der Waals surface area contributed by atoms with Crippen LogP contribution in [0.3, 0.4) is 0 Å². The number of amides is 1. The molecule has 3 aliphatic carbocycles. The van der Waals surface area contributed by atoms with Crippen LogP contribution >= 0.6 is 0 Å². The predicted octanol–water partition coefficient (Wildman–Crippen LogP) is 1.22. The molecule has 0 radical (unpaired) electrons. The van der Waals surface area contributed by atoms with Crippen molar-refractivity contribution in [1.82, 2.24) is 5.48 Å². The van der Waals surface area contributed by atoms with Crippen molar-refractivity contribution in [2.45, 2.75) is 25.4 Å². The molecular weight excluding hydrogens is 187 g/mol. The summed E-state index contributed by atoms with van der Waals surface area (Å²) in [5.41, 5.74) is -1.14. The molecule has 3 fully saturated rings. The maximum absolute atomic E-state index is 12.3. The largest absolute Gasteiger partial charge is 0.394 e. The second-order valence-corrected chi connectivity index (χ2v) is 4.03. The van der Waals surface area contributed by atoms with Gasteiger partial charge in [0.1, 0.15) is 0 Å². The zero-order valence-electron chi connectivity index (χ0n) is 6.61. The average Bonchev–Trinajstić information content (AvgIpc) is 1.77. The molecule has 0 spiro atoms. The topological polar surface area (TPSA) is 49.3 Å². The molecule has 3 aliphatic rings. The molecule has 0 aromatic heterocycles. The fraction of sp³-hybridized carbons (Fsp3) is 0.857. The summed E-state index contributed by atoms with van der Waals surface area (Å²) in [7, 11) is 0. The Hall–Kier alpha value is -0.780. The van der Waals surface area contributed by atoms with Crippen LogP contribution in [-0.2, 0) is 4.79 Å². The van der Waals surface area contributed by atoms with Crippen molar-refractivity contribution in [3.8, 4) is 0 Å². The summed E-state index contributed by atoms with van der Waals surface area (Å²) in [6.45, 7) is 0. The maximum Gasteiger partial charge on any atom is 0.394 e. The number of carbonyl (C=O) groups is 1. The standard InChI is InChI=1S/C7H8F3NO2/c8-7(9,10)6-1-5(2-6,3-6)4(12)11-13/h13H,1-3H2,(H,11,12). The first-order valence-electron chi connectivity index (χ1n) is 3.87. The van der Waals surface area contributed by atoms with Crippen molar-refractivity contribution >= 4 is 5.91 Å². The van der Waals surface area contributed by atoms with Crippen molar-refractivity contribution in [3.63, 3.8) is 0 Å². The Morgan fingerprint density at radius 2 is 1.77 bits per heavy atom. The highest BCUT2D eigenvalue weighted by Gasteiger charge is 2.80. The van der Waals surface area contributed by atoms with Crippen LogP contribution in [0, 0.1) is 10.8 Å². The molecule has 0 heterocycles. The number of nitrogens with one attached hydrogen (secondary N) is 1. The number of rotatable bonds is 1. The molecule has 0 aliphatic heterocycles. The molecule has 6 heteroatoms. The van der Waals surface area contributed by atoms with Gasteiger partial charge in [-0.2, -0.15) is 13.2 Å². The molecule has 2 bridgehead atoms. The number of carbonyl (C=O) groups excluding carboxylic acids is 1. The Kier molecular flexibility index (Phi) is 1.35. The van der Waals surface area contributed by atoms with E-state index in [9.17, 15) is 18.0 Å². The van der Waals surface area contributed by atoms with E-state index in [4.69, 9.17) is 5.21 Å². The Morgan fingerprint density at radius 3 is 2.08 bits per heavy atom. The number of hydroxylamine groups is 1. The molecule has 0 unspecified atom stereocenters. The lowest BCUT2D eigenvalue weighted by Crippen LogP contribution is -2.72. The molecule has 13 heavy (non-hydrogen) atoms. The summed E-state index contributed by atoms with van der Waals surface area (Å²) in [6, 6.07) is 0. The van der Waals surface area contributed by atoms with Crippen LogP contribution in [0.15, 0.2) is 0 Å². The SMILES string of the molecule is O=C(NO)C12CC(C(F)(F)F)(C1)C2. The van der Waals surface area contributed by atoms with Gasteiger partial charge in [0.2, 0.25) is 5.91 Å². The molecule has 3 rings (SSSR count). The second kappa shape index (κ2) is 2.00. The molecule has 3 nitrogen and oxygen atoms in total. The molecular formula is C7H8F3NO2. The van der Waals surface area contributed by atoms with Crippen molar-refractivity contribution in [2.75, 3.05) is 0 Å². The zero-order valence-corrected chi connectivity index (χ0v) is 6.61. The average molecular weight is 195 g/mol. The smallest absolute Gasteiger partial charge is 0.289 e. The van der Waals surface area contributed by atoms with Gasteiger partial charge in [-0.05, 0) is 19.3 Å². The van der Waals surface area contributed by atoms with Crippen molar-refractivity contribution in [1.29, 1.82) is 0 Å². The number of hydrogen-bond donors (Lipinski definition) is 2. The van der Waals surface area contributed by atoms with Gasteiger partial charge in [0.05, 0.1) is 10.8 Å². The van der Waals surface area contributed by atoms with E-state index < -0.39 is 22.9 Å². The molecule has 0 aromatic carbocycles. The van der Waals surface area contributed by atoms with Gasteiger partial charge in [-0.3, -0.25) is 10.0 Å². The van der Waals surface area contributed by atoms with E-state index >= 15 is 0 Å². The minimum atomic E-state index is -4.20. The Balaban J connectivity index is 2.04. The fourth-order valence-electron chi connectivity index (χ4n) is 2.45. The van der Waals surface area contributed by atoms with E-state index in [1.54, 1.807) is 0 Å². The molecule has 0 atom stereocenters. The molecule has 2 N–H and O–H groups in total. The van der Waals surface area contributed by atoms with Gasteiger partial charge in [0.25, 0.3) is 0 Å². The summed E-state index contributed by atoms with van der Waals surface area (Å²) in [6.07, 6.45) is -4.72. The Bertz CT molecular complexity index is 254. The third-order valence-electron chi connectivity index (χ3n) is 3.21. The fourth-order valence-corrected chi connectivity index (χ4v) is 2.45. The van der Waals surface area contributed by atoms with Crippen LogP contribution in [0.4, 0.5) is 13.2 Å². The van der Waals surface area contributed by atoms with Crippen LogP contribution in [0.25, 0.3) is 0 Å². The molecule has 1 amide bonds. The summed E-state index contributed by atoms with van der Waals surface area (Å²) < 4.78 is 36.8. The van der Waals surface area contributed by atoms with Crippen LogP contribution in [0.5, 0.6) is 0 Å². The van der Waals surface area contributed by atoms with E-state index in [0.717, 1.165) is 0 Å². The lowest BCUT2D eigenvalue weighted by atomic mass is 9.34.